The first-order valence-electron chi connectivity index (χ1n) is 3.93. The van der Waals surface area contributed by atoms with Crippen molar-refractivity contribution in [2.75, 3.05) is 7.11 Å². The van der Waals surface area contributed by atoms with Crippen molar-refractivity contribution < 1.29 is 13.9 Å². The molecule has 13 heavy (non-hydrogen) atoms. The molecular weight excluding hydrogens is 171 g/mol. The van der Waals surface area contributed by atoms with Gasteiger partial charge in [0.15, 0.2) is 0 Å². The molecule has 0 fully saturated rings. The maximum Gasteiger partial charge on any atom is 0.338 e. The van der Waals surface area contributed by atoms with Crippen LogP contribution in [-0.2, 0) is 11.4 Å². The van der Waals surface area contributed by atoms with Gasteiger partial charge in [0.25, 0.3) is 0 Å². The van der Waals surface area contributed by atoms with Crippen LogP contribution in [0, 0.1) is 6.92 Å². The fraction of sp³-hybridized carbons (Fsp3) is 0.300. The highest BCUT2D eigenvalue weighted by Gasteiger charge is 2.10. The molecular formula is C10H11FO2. The minimum Gasteiger partial charge on any atom is -0.465 e. The quantitative estimate of drug-likeness (QED) is 0.656. The molecule has 0 aliphatic rings. The van der Waals surface area contributed by atoms with Gasteiger partial charge in [-0.05, 0) is 24.1 Å². The van der Waals surface area contributed by atoms with E-state index in [1.54, 1.807) is 25.1 Å². The first-order chi connectivity index (χ1) is 6.20. The summed E-state index contributed by atoms with van der Waals surface area (Å²) in [5.41, 5.74) is 1.61. The molecule has 1 aromatic carbocycles. The van der Waals surface area contributed by atoms with Crippen LogP contribution in [0.5, 0.6) is 0 Å². The van der Waals surface area contributed by atoms with Gasteiger partial charge in [-0.2, -0.15) is 0 Å². The highest BCUT2D eigenvalue weighted by atomic mass is 19.1. The third-order valence-electron chi connectivity index (χ3n) is 2.00. The number of carbonyl (C=O) groups is 1. The highest BCUT2D eigenvalue weighted by molar-refractivity contribution is 5.91. The summed E-state index contributed by atoms with van der Waals surface area (Å²) in [5, 5.41) is 0. The Morgan fingerprint density at radius 3 is 2.77 bits per heavy atom. The number of hydrogen-bond donors (Lipinski definition) is 0. The SMILES string of the molecule is COC(=O)c1cccc(CF)c1C. The molecule has 0 saturated heterocycles. The lowest BCUT2D eigenvalue weighted by Crippen LogP contribution is -2.05. The third-order valence-corrected chi connectivity index (χ3v) is 2.00. The van der Waals surface area contributed by atoms with Gasteiger partial charge in [0.2, 0.25) is 0 Å². The van der Waals surface area contributed by atoms with Crippen LogP contribution in [0.1, 0.15) is 21.5 Å². The number of halogens is 1. The van der Waals surface area contributed by atoms with Crippen LogP contribution in [0.4, 0.5) is 4.39 Å². The van der Waals surface area contributed by atoms with Crippen LogP contribution >= 0.6 is 0 Å². The smallest absolute Gasteiger partial charge is 0.338 e. The topological polar surface area (TPSA) is 26.3 Å². The number of hydrogen-bond acceptors (Lipinski definition) is 2. The molecule has 0 amide bonds. The van der Waals surface area contributed by atoms with E-state index < -0.39 is 12.6 Å². The van der Waals surface area contributed by atoms with Crippen molar-refractivity contribution in [2.24, 2.45) is 0 Å². The maximum absolute atomic E-state index is 12.4. The van der Waals surface area contributed by atoms with Gasteiger partial charge in [-0.1, -0.05) is 12.1 Å². The highest BCUT2D eigenvalue weighted by Crippen LogP contribution is 2.15. The second kappa shape index (κ2) is 4.03. The minimum absolute atomic E-state index is 0.423. The predicted molar refractivity (Wildman–Crippen MR) is 47.3 cm³/mol. The number of esters is 1. The van der Waals surface area contributed by atoms with Crippen molar-refractivity contribution in [3.63, 3.8) is 0 Å². The van der Waals surface area contributed by atoms with E-state index >= 15 is 0 Å². The van der Waals surface area contributed by atoms with Crippen LogP contribution in [0.2, 0.25) is 0 Å². The number of alkyl halides is 1. The number of benzene rings is 1. The average Bonchev–Trinajstić information content (AvgIpc) is 2.17. The molecule has 0 aliphatic heterocycles. The Kier molecular flexibility index (Phi) is 3.01. The molecule has 0 spiro atoms. The van der Waals surface area contributed by atoms with E-state index in [2.05, 4.69) is 4.74 Å². The lowest BCUT2D eigenvalue weighted by atomic mass is 10.0. The van der Waals surface area contributed by atoms with Crippen molar-refractivity contribution >= 4 is 5.97 Å². The maximum atomic E-state index is 12.4. The average molecular weight is 182 g/mol. The predicted octanol–water partition coefficient (Wildman–Crippen LogP) is 2.25. The van der Waals surface area contributed by atoms with Gasteiger partial charge < -0.3 is 4.74 Å². The molecule has 0 bridgehead atoms. The molecule has 1 aromatic rings. The monoisotopic (exact) mass is 182 g/mol. The van der Waals surface area contributed by atoms with Gasteiger partial charge in [-0.3, -0.25) is 0 Å². The summed E-state index contributed by atoms with van der Waals surface area (Å²) in [6, 6.07) is 4.93. The van der Waals surface area contributed by atoms with Crippen molar-refractivity contribution in [2.45, 2.75) is 13.6 Å². The molecule has 0 unspecified atom stereocenters. The molecule has 0 aliphatic carbocycles. The van der Waals surface area contributed by atoms with Crippen molar-refractivity contribution in [3.8, 4) is 0 Å². The molecule has 0 aromatic heterocycles. The van der Waals surface area contributed by atoms with Crippen LogP contribution < -0.4 is 0 Å². The van der Waals surface area contributed by atoms with Gasteiger partial charge in [0.05, 0.1) is 12.7 Å². The number of carbonyl (C=O) groups excluding carboxylic acids is 1. The van der Waals surface area contributed by atoms with E-state index in [4.69, 9.17) is 0 Å². The van der Waals surface area contributed by atoms with E-state index in [0.29, 0.717) is 16.7 Å². The zero-order valence-electron chi connectivity index (χ0n) is 7.63. The third kappa shape index (κ3) is 1.86. The van der Waals surface area contributed by atoms with Crippen molar-refractivity contribution in [3.05, 3.63) is 34.9 Å². The Balaban J connectivity index is 3.15. The molecule has 1 rings (SSSR count). The largest absolute Gasteiger partial charge is 0.465 e. The molecule has 70 valence electrons. The second-order valence-corrected chi connectivity index (χ2v) is 2.71. The van der Waals surface area contributed by atoms with Gasteiger partial charge in [0, 0.05) is 0 Å². The van der Waals surface area contributed by atoms with Crippen LogP contribution in [0.15, 0.2) is 18.2 Å². The molecule has 0 saturated carbocycles. The Morgan fingerprint density at radius 2 is 2.23 bits per heavy atom. The molecule has 0 N–H and O–H groups in total. The fourth-order valence-corrected chi connectivity index (χ4v) is 1.16. The zero-order valence-corrected chi connectivity index (χ0v) is 7.63. The van der Waals surface area contributed by atoms with Crippen LogP contribution in [0.25, 0.3) is 0 Å². The summed E-state index contributed by atoms with van der Waals surface area (Å²) in [5.74, 6) is -0.423. The molecule has 0 atom stereocenters. The van der Waals surface area contributed by atoms with Gasteiger partial charge in [-0.25, -0.2) is 9.18 Å². The molecule has 3 heteroatoms. The lowest BCUT2D eigenvalue weighted by Gasteiger charge is -2.06. The van der Waals surface area contributed by atoms with Crippen LogP contribution in [-0.4, -0.2) is 13.1 Å². The van der Waals surface area contributed by atoms with E-state index in [1.807, 2.05) is 0 Å². The number of methoxy groups -OCH3 is 1. The van der Waals surface area contributed by atoms with E-state index in [0.717, 1.165) is 0 Å². The molecule has 0 heterocycles. The summed E-state index contributed by atoms with van der Waals surface area (Å²) in [7, 11) is 1.31. The summed E-state index contributed by atoms with van der Waals surface area (Å²) < 4.78 is 16.9. The van der Waals surface area contributed by atoms with E-state index in [-0.39, 0.29) is 0 Å². The fourth-order valence-electron chi connectivity index (χ4n) is 1.16. The summed E-state index contributed by atoms with van der Waals surface area (Å²) in [6.07, 6.45) is 0. The molecule has 0 radical (unpaired) electrons. The van der Waals surface area contributed by atoms with Gasteiger partial charge in [-0.15, -0.1) is 0 Å². The lowest BCUT2D eigenvalue weighted by molar-refractivity contribution is 0.0599. The first kappa shape index (κ1) is 9.71. The Bertz CT molecular complexity index is 321. The Hall–Kier alpha value is -1.38. The Morgan fingerprint density at radius 1 is 1.54 bits per heavy atom. The van der Waals surface area contributed by atoms with E-state index in [1.165, 1.54) is 7.11 Å². The van der Waals surface area contributed by atoms with Crippen molar-refractivity contribution in [1.29, 1.82) is 0 Å². The van der Waals surface area contributed by atoms with Crippen LogP contribution in [0.3, 0.4) is 0 Å². The summed E-state index contributed by atoms with van der Waals surface area (Å²) in [6.45, 7) is 1.15. The standard InChI is InChI=1S/C10H11FO2/c1-7-8(6-11)4-3-5-9(7)10(12)13-2/h3-5H,6H2,1-2H3. The van der Waals surface area contributed by atoms with Gasteiger partial charge in [0.1, 0.15) is 6.67 Å². The normalized spacial score (nSPS) is 9.77. The second-order valence-electron chi connectivity index (χ2n) is 2.71. The van der Waals surface area contributed by atoms with Crippen molar-refractivity contribution in [1.82, 2.24) is 0 Å². The Labute approximate surface area is 76.3 Å². The number of rotatable bonds is 2. The minimum atomic E-state index is -0.559. The van der Waals surface area contributed by atoms with E-state index in [9.17, 15) is 9.18 Å². The van der Waals surface area contributed by atoms with Gasteiger partial charge >= 0.3 is 5.97 Å². The summed E-state index contributed by atoms with van der Waals surface area (Å²) >= 11 is 0. The molecule has 2 nitrogen and oxygen atoms in total. The number of ether oxygens (including phenoxy) is 1. The zero-order chi connectivity index (χ0) is 9.84. The first-order valence-corrected chi connectivity index (χ1v) is 3.93. The summed E-state index contributed by atoms with van der Waals surface area (Å²) in [4.78, 5) is 11.2.